The number of aryl methyl sites for hydroxylation is 1. The number of nitrogens with zero attached hydrogens (tertiary/aromatic N) is 1. The molecule has 0 spiro atoms. The van der Waals surface area contributed by atoms with Gasteiger partial charge in [0.2, 0.25) is 6.29 Å². The van der Waals surface area contributed by atoms with Crippen LogP contribution in [-0.2, 0) is 4.74 Å². The smallest absolute Gasteiger partial charge is 0.221 e. The zero-order valence-corrected chi connectivity index (χ0v) is 17.4. The summed E-state index contributed by atoms with van der Waals surface area (Å²) >= 11 is 0. The number of fused-ring (bicyclic) bond motifs is 2. The maximum absolute atomic E-state index is 10.1. The first kappa shape index (κ1) is 19.2. The largest absolute Gasteiger partial charge is 0.496 e. The van der Waals surface area contributed by atoms with Gasteiger partial charge in [-0.2, -0.15) is 0 Å². The summed E-state index contributed by atoms with van der Waals surface area (Å²) in [4.78, 5) is 2.21. The molecule has 0 fully saturated rings. The Labute approximate surface area is 181 Å². The van der Waals surface area contributed by atoms with E-state index in [0.29, 0.717) is 11.5 Å². The molecular weight excluding hydrogens is 386 g/mol. The summed E-state index contributed by atoms with van der Waals surface area (Å²) < 4.78 is 11.1. The van der Waals surface area contributed by atoms with Gasteiger partial charge in [-0.1, -0.05) is 48.5 Å². The number of anilines is 3. The standard InChI is InChI=1S/C27H23NO3/c1-18-7-3-6-10-24(18)28(21-12-11-19-8-4-5-9-20(19)15-21)22-13-14-23-25(30-2)17-27(29)31-26(23)16-22/h3-17,27,29H,1-2H3. The van der Waals surface area contributed by atoms with Crippen LogP contribution in [0.15, 0.2) is 91.0 Å². The van der Waals surface area contributed by atoms with Gasteiger partial charge in [0, 0.05) is 29.2 Å². The molecule has 1 aliphatic heterocycles. The maximum Gasteiger partial charge on any atom is 0.221 e. The highest BCUT2D eigenvalue weighted by Gasteiger charge is 2.23. The number of ether oxygens (including phenoxy) is 2. The second-order valence-electron chi connectivity index (χ2n) is 7.58. The van der Waals surface area contributed by atoms with E-state index in [4.69, 9.17) is 9.47 Å². The normalized spacial score (nSPS) is 15.1. The lowest BCUT2D eigenvalue weighted by molar-refractivity contribution is 0.0201. The first-order valence-corrected chi connectivity index (χ1v) is 10.2. The second kappa shape index (κ2) is 7.82. The van der Waals surface area contributed by atoms with Gasteiger partial charge >= 0.3 is 0 Å². The summed E-state index contributed by atoms with van der Waals surface area (Å²) in [5.41, 5.74) is 5.04. The zero-order valence-electron chi connectivity index (χ0n) is 17.4. The Bertz CT molecular complexity index is 1290. The van der Waals surface area contributed by atoms with Gasteiger partial charge < -0.3 is 19.5 Å². The van der Waals surface area contributed by atoms with E-state index >= 15 is 0 Å². The van der Waals surface area contributed by atoms with E-state index < -0.39 is 6.29 Å². The molecule has 4 heteroatoms. The highest BCUT2D eigenvalue weighted by atomic mass is 16.6. The molecule has 0 aliphatic carbocycles. The molecule has 4 aromatic rings. The highest BCUT2D eigenvalue weighted by molar-refractivity contribution is 5.90. The SMILES string of the molecule is COC1=CC(O)Oc2cc(N(c3ccc4ccccc4c3)c3ccccc3C)ccc21. The molecule has 1 unspecified atom stereocenters. The topological polar surface area (TPSA) is 41.9 Å². The maximum atomic E-state index is 10.1. The fourth-order valence-corrected chi connectivity index (χ4v) is 4.07. The molecule has 4 aromatic carbocycles. The lowest BCUT2D eigenvalue weighted by Gasteiger charge is -2.29. The summed E-state index contributed by atoms with van der Waals surface area (Å²) in [5, 5.41) is 12.5. The van der Waals surface area contributed by atoms with Crippen molar-refractivity contribution in [2.45, 2.75) is 13.2 Å². The fraction of sp³-hybridized carbons (Fsp3) is 0.111. The Morgan fingerprint density at radius 3 is 2.35 bits per heavy atom. The Morgan fingerprint density at radius 2 is 1.55 bits per heavy atom. The van der Waals surface area contributed by atoms with Crippen molar-refractivity contribution in [3.63, 3.8) is 0 Å². The summed E-state index contributed by atoms with van der Waals surface area (Å²) in [6, 6.07) is 29.1. The van der Waals surface area contributed by atoms with Crippen LogP contribution in [0.2, 0.25) is 0 Å². The molecule has 1 atom stereocenters. The average Bonchev–Trinajstić information content (AvgIpc) is 2.79. The van der Waals surface area contributed by atoms with Gasteiger partial charge in [0.1, 0.15) is 11.5 Å². The number of hydrogen-bond acceptors (Lipinski definition) is 4. The van der Waals surface area contributed by atoms with Crippen molar-refractivity contribution in [1.82, 2.24) is 0 Å². The molecule has 0 saturated heterocycles. The third kappa shape index (κ3) is 3.51. The van der Waals surface area contributed by atoms with Gasteiger partial charge in [0.15, 0.2) is 0 Å². The zero-order chi connectivity index (χ0) is 21.4. The van der Waals surface area contributed by atoms with Gasteiger partial charge in [0.05, 0.1) is 12.7 Å². The van der Waals surface area contributed by atoms with Crippen molar-refractivity contribution < 1.29 is 14.6 Å². The van der Waals surface area contributed by atoms with E-state index in [1.807, 2.05) is 36.4 Å². The monoisotopic (exact) mass is 409 g/mol. The minimum Gasteiger partial charge on any atom is -0.496 e. The van der Waals surface area contributed by atoms with E-state index in [1.165, 1.54) is 10.8 Å². The van der Waals surface area contributed by atoms with Crippen LogP contribution in [0.5, 0.6) is 5.75 Å². The number of aliphatic hydroxyl groups excluding tert-OH is 1. The molecule has 5 rings (SSSR count). The minimum absolute atomic E-state index is 0.587. The highest BCUT2D eigenvalue weighted by Crippen LogP contribution is 2.42. The molecule has 0 radical (unpaired) electrons. The third-order valence-corrected chi connectivity index (χ3v) is 5.60. The van der Waals surface area contributed by atoms with Gasteiger partial charge in [-0.05, 0) is 53.6 Å². The molecule has 0 amide bonds. The van der Waals surface area contributed by atoms with Crippen molar-refractivity contribution >= 4 is 33.6 Å². The molecule has 1 aliphatic rings. The Hall–Kier alpha value is -3.76. The van der Waals surface area contributed by atoms with E-state index in [0.717, 1.165) is 28.2 Å². The average molecular weight is 409 g/mol. The van der Waals surface area contributed by atoms with Crippen molar-refractivity contribution in [2.75, 3.05) is 12.0 Å². The quantitative estimate of drug-likeness (QED) is 0.428. The second-order valence-corrected chi connectivity index (χ2v) is 7.58. The molecule has 0 saturated carbocycles. The number of methoxy groups -OCH3 is 1. The predicted octanol–water partition coefficient (Wildman–Crippen LogP) is 6.32. The van der Waals surface area contributed by atoms with Crippen LogP contribution in [0.3, 0.4) is 0 Å². The van der Waals surface area contributed by atoms with Crippen LogP contribution in [-0.4, -0.2) is 18.5 Å². The van der Waals surface area contributed by atoms with Crippen LogP contribution in [0.25, 0.3) is 16.5 Å². The van der Waals surface area contributed by atoms with Crippen molar-refractivity contribution in [2.24, 2.45) is 0 Å². The van der Waals surface area contributed by atoms with Crippen molar-refractivity contribution in [1.29, 1.82) is 0 Å². The third-order valence-electron chi connectivity index (χ3n) is 5.60. The first-order chi connectivity index (χ1) is 15.1. The van der Waals surface area contributed by atoms with Gasteiger partial charge in [-0.15, -0.1) is 0 Å². The Morgan fingerprint density at radius 1 is 0.839 bits per heavy atom. The summed E-state index contributed by atoms with van der Waals surface area (Å²) in [6.45, 7) is 2.10. The molecule has 154 valence electrons. The van der Waals surface area contributed by atoms with Crippen LogP contribution < -0.4 is 9.64 Å². The van der Waals surface area contributed by atoms with Gasteiger partial charge in [-0.25, -0.2) is 0 Å². The summed E-state index contributed by atoms with van der Waals surface area (Å²) in [7, 11) is 1.59. The Kier molecular flexibility index (Phi) is 4.85. The molecule has 1 heterocycles. The fourth-order valence-electron chi connectivity index (χ4n) is 4.07. The summed E-state index contributed by atoms with van der Waals surface area (Å²) in [6.07, 6.45) is 0.523. The van der Waals surface area contributed by atoms with E-state index in [-0.39, 0.29) is 0 Å². The van der Waals surface area contributed by atoms with E-state index in [9.17, 15) is 5.11 Å². The van der Waals surface area contributed by atoms with Crippen LogP contribution in [0.4, 0.5) is 17.1 Å². The lowest BCUT2D eigenvalue weighted by Crippen LogP contribution is -2.19. The van der Waals surface area contributed by atoms with Crippen LogP contribution in [0, 0.1) is 6.92 Å². The number of rotatable bonds is 4. The molecule has 0 bridgehead atoms. The lowest BCUT2D eigenvalue weighted by atomic mass is 10.0. The van der Waals surface area contributed by atoms with Gasteiger partial charge in [0.25, 0.3) is 0 Å². The van der Waals surface area contributed by atoms with Gasteiger partial charge in [-0.3, -0.25) is 0 Å². The summed E-state index contributed by atoms with van der Waals surface area (Å²) in [5.74, 6) is 1.19. The number of hydrogen-bond donors (Lipinski definition) is 1. The van der Waals surface area contributed by atoms with Crippen molar-refractivity contribution in [3.8, 4) is 5.75 Å². The van der Waals surface area contributed by atoms with Crippen molar-refractivity contribution in [3.05, 3.63) is 102 Å². The van der Waals surface area contributed by atoms with Crippen LogP contribution >= 0.6 is 0 Å². The molecular formula is C27H23NO3. The molecule has 4 nitrogen and oxygen atoms in total. The van der Waals surface area contributed by atoms with E-state index in [1.54, 1.807) is 13.2 Å². The van der Waals surface area contributed by atoms with Crippen LogP contribution in [0.1, 0.15) is 11.1 Å². The molecule has 1 N–H and O–H groups in total. The Balaban J connectivity index is 1.69. The molecule has 0 aromatic heterocycles. The number of aliphatic hydroxyl groups is 1. The number of benzene rings is 4. The first-order valence-electron chi connectivity index (χ1n) is 10.2. The number of para-hydroxylation sites is 1. The minimum atomic E-state index is -1.04. The molecule has 31 heavy (non-hydrogen) atoms. The van der Waals surface area contributed by atoms with E-state index in [2.05, 4.69) is 60.4 Å². The predicted molar refractivity (Wildman–Crippen MR) is 125 cm³/mol.